The first kappa shape index (κ1) is 14.6. The molecule has 0 aromatic carbocycles. The molecule has 4 saturated carbocycles. The number of nitrogens with two attached hydrogens (primary N) is 1. The summed E-state index contributed by atoms with van der Waals surface area (Å²) in [5.41, 5.74) is 6.19. The van der Waals surface area contributed by atoms with Crippen LogP contribution in [0.1, 0.15) is 72.6 Å². The van der Waals surface area contributed by atoms with Crippen molar-refractivity contribution in [2.45, 2.75) is 78.7 Å². The normalized spacial score (nSPS) is 47.4. The molecule has 0 spiro atoms. The molecule has 0 aromatic heterocycles. The molecule has 3 N–H and O–H groups in total. The number of rotatable bonds is 4. The van der Waals surface area contributed by atoms with Gasteiger partial charge < -0.3 is 0 Å². The number of hydrazine groups is 1. The Balaban J connectivity index is 1.83. The maximum absolute atomic E-state index is 5.82. The first-order valence-corrected chi connectivity index (χ1v) is 8.37. The van der Waals surface area contributed by atoms with E-state index in [1.165, 1.54) is 50.5 Å². The molecule has 2 nitrogen and oxygen atoms in total. The second kappa shape index (κ2) is 4.58. The predicted molar refractivity (Wildman–Crippen MR) is 85.0 cm³/mol. The lowest BCUT2D eigenvalue weighted by Gasteiger charge is -2.66. The van der Waals surface area contributed by atoms with Crippen molar-refractivity contribution in [2.24, 2.45) is 28.0 Å². The Morgan fingerprint density at radius 2 is 1.75 bits per heavy atom. The Hall–Kier alpha value is -0.340. The quantitative estimate of drug-likeness (QED) is 0.459. The van der Waals surface area contributed by atoms with E-state index in [2.05, 4.69) is 39.2 Å². The van der Waals surface area contributed by atoms with E-state index in [0.29, 0.717) is 22.3 Å². The average molecular weight is 276 g/mol. The molecular weight excluding hydrogens is 244 g/mol. The summed E-state index contributed by atoms with van der Waals surface area (Å²) in [7, 11) is 0. The van der Waals surface area contributed by atoms with Gasteiger partial charge in [0.1, 0.15) is 0 Å². The van der Waals surface area contributed by atoms with Crippen LogP contribution >= 0.6 is 0 Å². The molecule has 4 fully saturated rings. The summed E-state index contributed by atoms with van der Waals surface area (Å²) in [6.07, 6.45) is 12.3. The van der Waals surface area contributed by atoms with Gasteiger partial charge in [0.2, 0.25) is 0 Å². The molecule has 2 heteroatoms. The Morgan fingerprint density at radius 1 is 1.15 bits per heavy atom. The van der Waals surface area contributed by atoms with Crippen LogP contribution in [0.15, 0.2) is 11.6 Å². The average Bonchev–Trinajstić information content (AvgIpc) is 2.21. The molecule has 0 aliphatic heterocycles. The lowest BCUT2D eigenvalue weighted by Crippen LogP contribution is -2.56. The summed E-state index contributed by atoms with van der Waals surface area (Å²) in [6.45, 7) is 9.45. The first-order chi connectivity index (χ1) is 9.26. The molecule has 3 atom stereocenters. The zero-order chi connectivity index (χ0) is 14.6. The molecule has 0 saturated heterocycles. The highest BCUT2D eigenvalue weighted by Crippen LogP contribution is 2.70. The Bertz CT molecular complexity index is 403. The molecule has 0 aromatic rings. The molecule has 114 valence electrons. The van der Waals surface area contributed by atoms with Gasteiger partial charge >= 0.3 is 0 Å². The van der Waals surface area contributed by atoms with Crippen LogP contribution in [-0.4, -0.2) is 6.04 Å². The maximum atomic E-state index is 5.82. The zero-order valence-electron chi connectivity index (χ0n) is 13.8. The van der Waals surface area contributed by atoms with Gasteiger partial charge in [-0.1, -0.05) is 25.5 Å². The zero-order valence-corrected chi connectivity index (χ0v) is 13.8. The van der Waals surface area contributed by atoms with Gasteiger partial charge in [-0.15, -0.1) is 0 Å². The van der Waals surface area contributed by atoms with Crippen LogP contribution < -0.4 is 11.3 Å². The third-order valence-electron chi connectivity index (χ3n) is 6.14. The van der Waals surface area contributed by atoms with Crippen molar-refractivity contribution in [3.8, 4) is 0 Å². The summed E-state index contributed by atoms with van der Waals surface area (Å²) in [6, 6.07) is 0.350. The number of allylic oxidation sites excluding steroid dienone is 1. The van der Waals surface area contributed by atoms with Gasteiger partial charge in [-0.25, -0.2) is 0 Å². The van der Waals surface area contributed by atoms with Crippen LogP contribution in [0.4, 0.5) is 0 Å². The third-order valence-corrected chi connectivity index (χ3v) is 6.14. The van der Waals surface area contributed by atoms with Gasteiger partial charge in [0, 0.05) is 6.04 Å². The number of nitrogens with one attached hydrogen (secondary N) is 1. The first-order valence-electron chi connectivity index (χ1n) is 8.37. The highest BCUT2D eigenvalue weighted by Gasteiger charge is 2.59. The highest BCUT2D eigenvalue weighted by molar-refractivity contribution is 5.12. The van der Waals surface area contributed by atoms with Crippen molar-refractivity contribution in [1.82, 2.24) is 5.43 Å². The molecule has 4 rings (SSSR count). The van der Waals surface area contributed by atoms with E-state index in [4.69, 9.17) is 5.84 Å². The topological polar surface area (TPSA) is 38.0 Å². The van der Waals surface area contributed by atoms with E-state index in [0.717, 1.165) is 5.92 Å². The molecule has 0 amide bonds. The molecule has 4 aliphatic rings. The van der Waals surface area contributed by atoms with Crippen LogP contribution in [0.3, 0.4) is 0 Å². The molecule has 4 bridgehead atoms. The number of hydrogen-bond acceptors (Lipinski definition) is 2. The summed E-state index contributed by atoms with van der Waals surface area (Å²) < 4.78 is 0. The van der Waals surface area contributed by atoms with Crippen LogP contribution in [0, 0.1) is 22.2 Å². The van der Waals surface area contributed by atoms with Gasteiger partial charge in [-0.3, -0.25) is 11.3 Å². The Morgan fingerprint density at radius 3 is 2.20 bits per heavy atom. The fraction of sp³-hybridized carbons (Fsp3) is 0.889. The van der Waals surface area contributed by atoms with Gasteiger partial charge in [0.15, 0.2) is 0 Å². The van der Waals surface area contributed by atoms with Crippen molar-refractivity contribution in [3.63, 3.8) is 0 Å². The smallest absolute Gasteiger partial charge is 0.0398 e. The summed E-state index contributed by atoms with van der Waals surface area (Å²) >= 11 is 0. The number of hydrogen-bond donors (Lipinski definition) is 2. The van der Waals surface area contributed by atoms with E-state index >= 15 is 0 Å². The maximum Gasteiger partial charge on any atom is 0.0398 e. The second-order valence-electron chi connectivity index (χ2n) is 9.35. The summed E-state index contributed by atoms with van der Waals surface area (Å²) in [5, 5.41) is 0. The molecule has 4 aliphatic carbocycles. The SMILES string of the molecule is CC(C)=CC(CC12CC3CC(C)(CC(C)(C3)C1)C2)NN. The van der Waals surface area contributed by atoms with Crippen LogP contribution in [0.5, 0.6) is 0 Å². The van der Waals surface area contributed by atoms with E-state index in [9.17, 15) is 0 Å². The van der Waals surface area contributed by atoms with Crippen molar-refractivity contribution >= 4 is 0 Å². The van der Waals surface area contributed by atoms with Crippen LogP contribution in [-0.2, 0) is 0 Å². The second-order valence-corrected chi connectivity index (χ2v) is 9.35. The van der Waals surface area contributed by atoms with Crippen molar-refractivity contribution in [1.29, 1.82) is 0 Å². The fourth-order valence-electron chi connectivity index (χ4n) is 6.95. The Labute approximate surface area is 124 Å². The van der Waals surface area contributed by atoms with Gasteiger partial charge in [0.05, 0.1) is 0 Å². The van der Waals surface area contributed by atoms with E-state index in [1.54, 1.807) is 0 Å². The van der Waals surface area contributed by atoms with Crippen molar-refractivity contribution < 1.29 is 0 Å². The van der Waals surface area contributed by atoms with Crippen molar-refractivity contribution in [3.05, 3.63) is 11.6 Å². The fourth-order valence-corrected chi connectivity index (χ4v) is 6.95. The molecule has 20 heavy (non-hydrogen) atoms. The highest BCUT2D eigenvalue weighted by atomic mass is 15.2. The molecule has 3 unspecified atom stereocenters. The van der Waals surface area contributed by atoms with E-state index in [1.807, 2.05) is 0 Å². The van der Waals surface area contributed by atoms with Crippen LogP contribution in [0.2, 0.25) is 0 Å². The summed E-state index contributed by atoms with van der Waals surface area (Å²) in [4.78, 5) is 0. The van der Waals surface area contributed by atoms with Crippen LogP contribution in [0.25, 0.3) is 0 Å². The van der Waals surface area contributed by atoms with Gasteiger partial charge in [0.25, 0.3) is 0 Å². The van der Waals surface area contributed by atoms with Crippen molar-refractivity contribution in [2.75, 3.05) is 0 Å². The Kier molecular flexibility index (Phi) is 3.34. The monoisotopic (exact) mass is 276 g/mol. The molecule has 0 radical (unpaired) electrons. The predicted octanol–water partition coefficient (Wildman–Crippen LogP) is 4.17. The largest absolute Gasteiger partial charge is 0.271 e. The minimum atomic E-state index is 0.350. The van der Waals surface area contributed by atoms with Gasteiger partial charge in [-0.2, -0.15) is 0 Å². The third kappa shape index (κ3) is 2.57. The standard InChI is InChI=1S/C18H32N2/c1-13(2)5-15(20-19)9-18-8-14-6-16(3,11-18)10-17(4,7-14)12-18/h5,14-15,20H,6-12,19H2,1-4H3. The lowest BCUT2D eigenvalue weighted by atomic mass is 9.39. The van der Waals surface area contributed by atoms with Gasteiger partial charge in [-0.05, 0) is 81.0 Å². The minimum absolute atomic E-state index is 0.350. The minimum Gasteiger partial charge on any atom is -0.271 e. The molecule has 0 heterocycles. The summed E-state index contributed by atoms with van der Waals surface area (Å²) in [5.74, 6) is 6.80. The lowest BCUT2D eigenvalue weighted by molar-refractivity contribution is -0.149. The van der Waals surface area contributed by atoms with E-state index in [-0.39, 0.29) is 0 Å². The van der Waals surface area contributed by atoms with E-state index < -0.39 is 0 Å². The molecular formula is C18H32N2.